The molecule has 17 nitrogen and oxygen atoms in total. The standard InChI is InChI=1S/C61H70F2N10O7S/c1-7-44-47(62)15-12-38-24-41(74)25-45(50(38)44)52-51(63)53-46(27-64-52)56(72-28-39-13-14-40(29-72)67-39)70-59(69-53)80-32-61(19-20-61)31-71-21-16-43(17-22-71)79-23-18-49(76)68-55(60(4,5)6)58(78)73-30-42(75)26-48(73)57(77)66-34(2)36-8-10-37(11-9-36)54-35(3)65-33-81-54/h1,8-12,15,24-25,27,33-34,39-40,42-43,48,55,67,74-75H,13-14,16-23,26,28-32H2,2-6H3,(H,66,77)(H,68,76)/t34-,39?,40?,42+,48-,55+/m0/s1. The van der Waals surface area contributed by atoms with Gasteiger partial charge in [0.2, 0.25) is 17.7 Å². The Bertz CT molecular complexity index is 3400. The van der Waals surface area contributed by atoms with E-state index in [9.17, 15) is 24.6 Å². The molecule has 0 radical (unpaired) electrons. The van der Waals surface area contributed by atoms with Crippen molar-refractivity contribution in [1.82, 2.24) is 45.7 Å². The highest BCUT2D eigenvalue weighted by Gasteiger charge is 2.47. The third-order valence-electron chi connectivity index (χ3n) is 16.9. The molecule has 4 aliphatic heterocycles. The molecule has 3 aromatic carbocycles. The van der Waals surface area contributed by atoms with E-state index in [1.165, 1.54) is 35.4 Å². The number of likely N-dealkylation sites (tertiary alicyclic amines) is 2. The zero-order chi connectivity index (χ0) is 56.9. The van der Waals surface area contributed by atoms with Crippen molar-refractivity contribution < 1.29 is 42.9 Å². The van der Waals surface area contributed by atoms with Gasteiger partial charge in [-0.15, -0.1) is 17.8 Å². The molecule has 426 valence electrons. The first-order chi connectivity index (χ1) is 38.8. The number of fused-ring (bicyclic) bond motifs is 4. The Morgan fingerprint density at radius 2 is 1.73 bits per heavy atom. The number of halogens is 2. The molecule has 81 heavy (non-hydrogen) atoms. The van der Waals surface area contributed by atoms with Crippen molar-refractivity contribution in [3.05, 3.63) is 88.7 Å². The van der Waals surface area contributed by atoms with Gasteiger partial charge in [-0.3, -0.25) is 19.4 Å². The lowest BCUT2D eigenvalue weighted by Gasteiger charge is -2.36. The van der Waals surface area contributed by atoms with Crippen molar-refractivity contribution in [2.75, 3.05) is 57.4 Å². The predicted molar refractivity (Wildman–Crippen MR) is 305 cm³/mol. The number of anilines is 1. The molecule has 6 aromatic rings. The van der Waals surface area contributed by atoms with Crippen LogP contribution in [0.5, 0.6) is 11.8 Å². The van der Waals surface area contributed by atoms with Gasteiger partial charge in [0, 0.05) is 86.8 Å². The van der Waals surface area contributed by atoms with Crippen molar-refractivity contribution in [2.45, 2.75) is 128 Å². The highest BCUT2D eigenvalue weighted by molar-refractivity contribution is 7.13. The largest absolute Gasteiger partial charge is 0.508 e. The number of pyridine rings is 1. The number of aliphatic hydroxyl groups excluding tert-OH is 1. The van der Waals surface area contributed by atoms with E-state index in [0.29, 0.717) is 36.3 Å². The maximum absolute atomic E-state index is 17.2. The molecule has 2 bridgehead atoms. The molecule has 1 aliphatic carbocycles. The molecular weight excluding hydrogens is 1050 g/mol. The molecule has 5 fully saturated rings. The van der Waals surface area contributed by atoms with Gasteiger partial charge in [-0.2, -0.15) is 9.97 Å². The maximum Gasteiger partial charge on any atom is 0.319 e. The number of carbonyl (C=O) groups excluding carboxylic acids is 3. The summed E-state index contributed by atoms with van der Waals surface area (Å²) in [5.41, 5.74) is 3.79. The third-order valence-corrected chi connectivity index (χ3v) is 17.9. The number of β-amino-alcohol motifs (C(OH)–C–C–N with tert-alkyl or cyclic N) is 1. The smallest absolute Gasteiger partial charge is 0.319 e. The van der Waals surface area contributed by atoms with Crippen LogP contribution in [0.25, 0.3) is 43.4 Å². The molecule has 2 unspecified atom stereocenters. The number of rotatable bonds is 17. The van der Waals surface area contributed by atoms with Gasteiger partial charge in [0.05, 0.1) is 58.5 Å². The van der Waals surface area contributed by atoms with Gasteiger partial charge in [-0.05, 0) is 92.5 Å². The van der Waals surface area contributed by atoms with Gasteiger partial charge in [0.15, 0.2) is 5.82 Å². The fraction of sp³-hybridized carbons (Fsp3) is 0.492. The molecule has 7 heterocycles. The number of hydrogen-bond donors (Lipinski definition) is 5. The number of phenolic OH excluding ortho intramolecular Hbond substituents is 1. The SMILES string of the molecule is C#Cc1c(F)ccc2cc(O)cc(-c3ncc4c(N5CC6CCC(C5)N6)nc(OCC5(CN6CCC(OCCC(=O)N[C@H](C(=O)N7C[C@H](O)C[C@H]7C(=O)N[C@@H](C)c7ccc(-c8scnc8C)cc7)C(C)(C)C)CC6)CC5)nc4c3F)c12. The number of nitrogens with zero attached hydrogens (tertiary/aromatic N) is 7. The summed E-state index contributed by atoms with van der Waals surface area (Å²) >= 11 is 1.57. The Hall–Kier alpha value is -6.89. The minimum atomic E-state index is -0.954. The van der Waals surface area contributed by atoms with Crippen molar-refractivity contribution in [3.8, 4) is 45.8 Å². The van der Waals surface area contributed by atoms with E-state index in [4.69, 9.17) is 20.9 Å². The van der Waals surface area contributed by atoms with Crippen LogP contribution in [0.3, 0.4) is 0 Å². The average Bonchev–Trinajstić information content (AvgIpc) is 3.82. The summed E-state index contributed by atoms with van der Waals surface area (Å²) in [4.78, 5) is 67.2. The molecule has 3 amide bonds. The molecule has 4 saturated heterocycles. The van der Waals surface area contributed by atoms with E-state index in [2.05, 4.69) is 46.6 Å². The Balaban J connectivity index is 0.686. The number of aromatic hydroxyl groups is 1. The van der Waals surface area contributed by atoms with Crippen LogP contribution in [0.1, 0.15) is 102 Å². The number of piperidine rings is 1. The highest BCUT2D eigenvalue weighted by atomic mass is 32.1. The van der Waals surface area contributed by atoms with E-state index in [-0.39, 0.29) is 107 Å². The van der Waals surface area contributed by atoms with Crippen molar-refractivity contribution >= 4 is 56.6 Å². The molecule has 3 aromatic heterocycles. The summed E-state index contributed by atoms with van der Waals surface area (Å²) < 4.78 is 45.0. The topological polar surface area (TPSA) is 208 Å². The van der Waals surface area contributed by atoms with Crippen LogP contribution in [0.4, 0.5) is 14.6 Å². The molecule has 0 spiro atoms. The van der Waals surface area contributed by atoms with Gasteiger partial charge in [-0.25, -0.2) is 13.8 Å². The third kappa shape index (κ3) is 11.9. The van der Waals surface area contributed by atoms with E-state index in [0.717, 1.165) is 79.9 Å². The van der Waals surface area contributed by atoms with Gasteiger partial charge in [0.1, 0.15) is 40.7 Å². The van der Waals surface area contributed by atoms with E-state index >= 15 is 8.78 Å². The lowest BCUT2D eigenvalue weighted by Crippen LogP contribution is -2.58. The number of aliphatic hydroxyl groups is 1. The summed E-state index contributed by atoms with van der Waals surface area (Å²) in [6, 6.07) is 11.8. The van der Waals surface area contributed by atoms with Crippen LogP contribution in [0.2, 0.25) is 0 Å². The Kier molecular flexibility index (Phi) is 15.8. The number of benzene rings is 3. The number of thiazole rings is 1. The normalized spacial score (nSPS) is 21.7. The second kappa shape index (κ2) is 22.8. The van der Waals surface area contributed by atoms with Gasteiger partial charge < -0.3 is 50.3 Å². The number of piperazine rings is 1. The minimum absolute atomic E-state index is 0.00215. The molecule has 5 aliphatic rings. The van der Waals surface area contributed by atoms with Gasteiger partial charge >= 0.3 is 6.01 Å². The van der Waals surface area contributed by atoms with E-state index in [1.54, 1.807) is 11.3 Å². The highest BCUT2D eigenvalue weighted by Crippen LogP contribution is 2.47. The lowest BCUT2D eigenvalue weighted by molar-refractivity contribution is -0.144. The number of aromatic nitrogens is 4. The molecule has 5 N–H and O–H groups in total. The Labute approximate surface area is 474 Å². The fourth-order valence-electron chi connectivity index (χ4n) is 12.3. The second-order valence-corrected chi connectivity index (χ2v) is 24.8. The van der Waals surface area contributed by atoms with Crippen LogP contribution in [-0.4, -0.2) is 147 Å². The van der Waals surface area contributed by atoms with Gasteiger partial charge in [0.25, 0.3) is 0 Å². The zero-order valence-electron chi connectivity index (χ0n) is 46.4. The van der Waals surface area contributed by atoms with Crippen LogP contribution in [-0.2, 0) is 19.1 Å². The van der Waals surface area contributed by atoms with Crippen LogP contribution >= 0.6 is 11.3 Å². The van der Waals surface area contributed by atoms with Crippen LogP contribution in [0.15, 0.2) is 60.2 Å². The summed E-state index contributed by atoms with van der Waals surface area (Å²) in [7, 11) is 0. The summed E-state index contributed by atoms with van der Waals surface area (Å²) in [6.45, 7) is 13.6. The quantitative estimate of drug-likeness (QED) is 0.0559. The van der Waals surface area contributed by atoms with Crippen molar-refractivity contribution in [1.29, 1.82) is 0 Å². The molecule has 20 heteroatoms. The number of terminal acetylenes is 1. The Morgan fingerprint density at radius 3 is 2.41 bits per heavy atom. The molecule has 11 rings (SSSR count). The second-order valence-electron chi connectivity index (χ2n) is 24.0. The molecular formula is C61H70F2N10O7S. The average molecular weight is 1130 g/mol. The number of carbonyl (C=O) groups is 3. The first-order valence-electron chi connectivity index (χ1n) is 28.2. The number of amides is 3. The van der Waals surface area contributed by atoms with Crippen molar-refractivity contribution in [2.24, 2.45) is 10.8 Å². The molecule has 6 atom stereocenters. The minimum Gasteiger partial charge on any atom is -0.508 e. The number of phenols is 1. The van der Waals surface area contributed by atoms with Gasteiger partial charge in [-0.1, -0.05) is 57.0 Å². The first-order valence-corrected chi connectivity index (χ1v) is 29.1. The molecule has 1 saturated carbocycles. The number of nitrogens with one attached hydrogen (secondary N) is 3. The van der Waals surface area contributed by atoms with Crippen molar-refractivity contribution in [3.63, 3.8) is 0 Å². The van der Waals surface area contributed by atoms with E-state index < -0.39 is 41.1 Å². The summed E-state index contributed by atoms with van der Waals surface area (Å²) in [5.74, 6) is 0.222. The number of hydrogen-bond acceptors (Lipinski definition) is 15. The summed E-state index contributed by atoms with van der Waals surface area (Å²) in [6.07, 6.45) is 12.0. The lowest BCUT2D eigenvalue weighted by atomic mass is 9.85. The predicted octanol–water partition coefficient (Wildman–Crippen LogP) is 7.58. The summed E-state index contributed by atoms with van der Waals surface area (Å²) in [5, 5.41) is 32.2. The number of ether oxygens (including phenoxy) is 2. The van der Waals surface area contributed by atoms with E-state index in [1.807, 2.05) is 64.4 Å². The monoisotopic (exact) mass is 1120 g/mol. The van der Waals surface area contributed by atoms with Crippen LogP contribution in [0, 0.1) is 41.7 Å². The Morgan fingerprint density at radius 1 is 0.988 bits per heavy atom. The van der Waals surface area contributed by atoms with Crippen LogP contribution < -0.4 is 25.6 Å². The zero-order valence-corrected chi connectivity index (χ0v) is 47.3. The first kappa shape index (κ1) is 56.0. The fourth-order valence-corrected chi connectivity index (χ4v) is 13.1. The maximum atomic E-state index is 17.2. The number of aryl methyl sites for hydroxylation is 1.